The van der Waals surface area contributed by atoms with Gasteiger partial charge in [-0.3, -0.25) is 9.59 Å². The van der Waals surface area contributed by atoms with Gasteiger partial charge in [0, 0.05) is 29.9 Å². The Morgan fingerprint density at radius 1 is 1.08 bits per heavy atom. The van der Waals surface area contributed by atoms with Crippen LogP contribution in [0.3, 0.4) is 0 Å². The molecule has 6 heteroatoms. The molecule has 0 bridgehead atoms. The van der Waals surface area contributed by atoms with Gasteiger partial charge in [0.05, 0.1) is 0 Å². The molecule has 2 aliphatic heterocycles. The summed E-state index contributed by atoms with van der Waals surface area (Å²) in [6.45, 7) is 0.894. The molecule has 1 N–H and O–H groups in total. The van der Waals surface area contributed by atoms with Crippen molar-refractivity contribution < 1.29 is 19.1 Å². The van der Waals surface area contributed by atoms with E-state index in [2.05, 4.69) is 5.32 Å². The molecule has 2 amide bonds. The van der Waals surface area contributed by atoms with Gasteiger partial charge < -0.3 is 19.7 Å². The lowest BCUT2D eigenvalue weighted by atomic mass is 10.2. The highest BCUT2D eigenvalue weighted by molar-refractivity contribution is 6.05. The number of nitrogens with one attached hydrogen (secondary N) is 1. The van der Waals surface area contributed by atoms with Gasteiger partial charge in [-0.1, -0.05) is 6.07 Å². The molecule has 0 radical (unpaired) electrons. The third-order valence-corrected chi connectivity index (χ3v) is 4.12. The average molecular weight is 324 g/mol. The molecule has 2 aromatic rings. The molecule has 0 aromatic heterocycles. The number of benzene rings is 2. The molecule has 0 spiro atoms. The van der Waals surface area contributed by atoms with E-state index in [4.69, 9.17) is 9.47 Å². The van der Waals surface area contributed by atoms with Gasteiger partial charge in [0.1, 0.15) is 0 Å². The Morgan fingerprint density at radius 2 is 1.96 bits per heavy atom. The van der Waals surface area contributed by atoms with Gasteiger partial charge in [-0.2, -0.15) is 0 Å². The van der Waals surface area contributed by atoms with Crippen molar-refractivity contribution in [3.8, 4) is 11.5 Å². The van der Waals surface area contributed by atoms with Crippen LogP contribution in [0.5, 0.6) is 11.5 Å². The normalized spacial score (nSPS) is 15.7. The van der Waals surface area contributed by atoms with Crippen LogP contribution in [0.2, 0.25) is 0 Å². The first-order valence-electron chi connectivity index (χ1n) is 7.82. The largest absolute Gasteiger partial charge is 0.454 e. The number of hydrogen-bond acceptors (Lipinski definition) is 4. The maximum absolute atomic E-state index is 12.4. The summed E-state index contributed by atoms with van der Waals surface area (Å²) in [7, 11) is 0. The van der Waals surface area contributed by atoms with Crippen molar-refractivity contribution in [3.63, 3.8) is 0 Å². The molecule has 0 saturated carbocycles. The number of anilines is 2. The zero-order chi connectivity index (χ0) is 16.5. The Morgan fingerprint density at radius 3 is 2.79 bits per heavy atom. The van der Waals surface area contributed by atoms with E-state index >= 15 is 0 Å². The standard InChI is InChI=1S/C18H16N2O4/c21-17-5-2-8-20(17)14-4-1-3-13(10-14)19-18(22)12-6-7-15-16(9-12)24-11-23-15/h1,3-4,6-7,9-10H,2,5,8,11H2,(H,19,22). The summed E-state index contributed by atoms with van der Waals surface area (Å²) in [5, 5.41) is 2.85. The van der Waals surface area contributed by atoms with Crippen LogP contribution in [0.15, 0.2) is 42.5 Å². The molecule has 122 valence electrons. The number of nitrogens with zero attached hydrogens (tertiary/aromatic N) is 1. The van der Waals surface area contributed by atoms with E-state index in [1.807, 2.05) is 18.2 Å². The van der Waals surface area contributed by atoms with Gasteiger partial charge >= 0.3 is 0 Å². The monoisotopic (exact) mass is 324 g/mol. The quantitative estimate of drug-likeness (QED) is 0.943. The number of hydrogen-bond donors (Lipinski definition) is 1. The number of ether oxygens (including phenoxy) is 2. The number of carbonyl (C=O) groups excluding carboxylic acids is 2. The number of rotatable bonds is 3. The van der Waals surface area contributed by atoms with E-state index in [1.54, 1.807) is 29.2 Å². The average Bonchev–Trinajstić information content (AvgIpc) is 3.22. The van der Waals surface area contributed by atoms with E-state index in [9.17, 15) is 9.59 Å². The second-order valence-electron chi connectivity index (χ2n) is 5.72. The van der Waals surface area contributed by atoms with E-state index in [-0.39, 0.29) is 18.6 Å². The van der Waals surface area contributed by atoms with E-state index in [0.29, 0.717) is 29.2 Å². The Bertz CT molecular complexity index is 818. The molecular weight excluding hydrogens is 308 g/mol. The Labute approximate surface area is 139 Å². The maximum Gasteiger partial charge on any atom is 0.255 e. The van der Waals surface area contributed by atoms with Crippen molar-refractivity contribution >= 4 is 23.2 Å². The first-order chi connectivity index (χ1) is 11.7. The van der Waals surface area contributed by atoms with Crippen molar-refractivity contribution in [2.75, 3.05) is 23.6 Å². The van der Waals surface area contributed by atoms with Crippen molar-refractivity contribution in [1.29, 1.82) is 0 Å². The Hall–Kier alpha value is -3.02. The van der Waals surface area contributed by atoms with E-state index in [1.165, 1.54) is 0 Å². The van der Waals surface area contributed by atoms with Crippen LogP contribution in [0.25, 0.3) is 0 Å². The molecule has 2 heterocycles. The van der Waals surface area contributed by atoms with Gasteiger partial charge in [-0.25, -0.2) is 0 Å². The highest BCUT2D eigenvalue weighted by Crippen LogP contribution is 2.32. The van der Waals surface area contributed by atoms with Crippen LogP contribution in [-0.2, 0) is 4.79 Å². The van der Waals surface area contributed by atoms with Crippen LogP contribution >= 0.6 is 0 Å². The Kier molecular flexibility index (Phi) is 3.57. The molecule has 2 aromatic carbocycles. The molecule has 6 nitrogen and oxygen atoms in total. The van der Waals surface area contributed by atoms with Crippen molar-refractivity contribution in [1.82, 2.24) is 0 Å². The fourth-order valence-electron chi connectivity index (χ4n) is 2.91. The van der Waals surface area contributed by atoms with Crippen molar-refractivity contribution in [2.45, 2.75) is 12.8 Å². The van der Waals surface area contributed by atoms with Crippen molar-refractivity contribution in [2.24, 2.45) is 0 Å². The topological polar surface area (TPSA) is 67.9 Å². The predicted octanol–water partition coefficient (Wildman–Crippen LogP) is 2.79. The first-order valence-corrected chi connectivity index (χ1v) is 7.82. The van der Waals surface area contributed by atoms with Gasteiger partial charge in [0.2, 0.25) is 12.7 Å². The third kappa shape index (κ3) is 2.67. The zero-order valence-electron chi connectivity index (χ0n) is 13.0. The summed E-state index contributed by atoms with van der Waals surface area (Å²) in [4.78, 5) is 26.0. The summed E-state index contributed by atoms with van der Waals surface area (Å²) in [5.41, 5.74) is 1.94. The fourth-order valence-corrected chi connectivity index (χ4v) is 2.91. The summed E-state index contributed by atoms with van der Waals surface area (Å²) < 4.78 is 10.5. The molecular formula is C18H16N2O4. The molecule has 0 aliphatic carbocycles. The van der Waals surface area contributed by atoms with Crippen LogP contribution < -0.4 is 19.7 Å². The number of carbonyl (C=O) groups is 2. The van der Waals surface area contributed by atoms with E-state index < -0.39 is 0 Å². The van der Waals surface area contributed by atoms with Crippen LogP contribution in [0, 0.1) is 0 Å². The Balaban J connectivity index is 1.52. The molecule has 2 aliphatic rings. The number of fused-ring (bicyclic) bond motifs is 1. The minimum Gasteiger partial charge on any atom is -0.454 e. The second-order valence-corrected chi connectivity index (χ2v) is 5.72. The van der Waals surface area contributed by atoms with Gasteiger partial charge in [0.15, 0.2) is 11.5 Å². The predicted molar refractivity (Wildman–Crippen MR) is 88.5 cm³/mol. The summed E-state index contributed by atoms with van der Waals surface area (Å²) in [6, 6.07) is 12.4. The minimum absolute atomic E-state index is 0.120. The van der Waals surface area contributed by atoms with Crippen LogP contribution in [0.4, 0.5) is 11.4 Å². The second kappa shape index (κ2) is 5.88. The van der Waals surface area contributed by atoms with Crippen molar-refractivity contribution in [3.05, 3.63) is 48.0 Å². The molecule has 24 heavy (non-hydrogen) atoms. The summed E-state index contributed by atoms with van der Waals surface area (Å²) in [6.07, 6.45) is 1.44. The molecule has 0 unspecified atom stereocenters. The first kappa shape index (κ1) is 14.6. The molecule has 1 fully saturated rings. The van der Waals surface area contributed by atoms with Gasteiger partial charge in [0.25, 0.3) is 5.91 Å². The lowest BCUT2D eigenvalue weighted by Gasteiger charge is -2.16. The van der Waals surface area contributed by atoms with Crippen LogP contribution in [-0.4, -0.2) is 25.2 Å². The van der Waals surface area contributed by atoms with E-state index in [0.717, 1.165) is 18.7 Å². The zero-order valence-corrected chi connectivity index (χ0v) is 13.0. The van der Waals surface area contributed by atoms with Crippen LogP contribution in [0.1, 0.15) is 23.2 Å². The maximum atomic E-state index is 12.4. The third-order valence-electron chi connectivity index (χ3n) is 4.12. The SMILES string of the molecule is O=C(Nc1cccc(N2CCCC2=O)c1)c1ccc2c(c1)OCO2. The minimum atomic E-state index is -0.238. The fraction of sp³-hybridized carbons (Fsp3) is 0.222. The highest BCUT2D eigenvalue weighted by Gasteiger charge is 2.22. The lowest BCUT2D eigenvalue weighted by Crippen LogP contribution is -2.23. The number of amides is 2. The summed E-state index contributed by atoms with van der Waals surface area (Å²) in [5.74, 6) is 1.09. The molecule has 1 saturated heterocycles. The van der Waals surface area contributed by atoms with Gasteiger partial charge in [-0.15, -0.1) is 0 Å². The molecule has 4 rings (SSSR count). The summed E-state index contributed by atoms with van der Waals surface area (Å²) >= 11 is 0. The molecule has 0 atom stereocenters. The highest BCUT2D eigenvalue weighted by atomic mass is 16.7. The smallest absolute Gasteiger partial charge is 0.255 e. The van der Waals surface area contributed by atoms with Gasteiger partial charge in [-0.05, 0) is 42.8 Å². The lowest BCUT2D eigenvalue weighted by molar-refractivity contribution is -0.117.